The van der Waals surface area contributed by atoms with Gasteiger partial charge < -0.3 is 4.74 Å². The van der Waals surface area contributed by atoms with E-state index in [2.05, 4.69) is 9.72 Å². The number of hydrogen-bond acceptors (Lipinski definition) is 6. The predicted molar refractivity (Wildman–Crippen MR) is 60.8 cm³/mol. The van der Waals surface area contributed by atoms with Gasteiger partial charge in [-0.05, 0) is 12.1 Å². The first-order valence-electron chi connectivity index (χ1n) is 4.81. The Morgan fingerprint density at radius 1 is 1.56 bits per heavy atom. The van der Waals surface area contributed by atoms with Crippen LogP contribution in [0.5, 0.6) is 0 Å². The topological polar surface area (TPSA) is 100 Å². The molecular formula is C10H11N3O4S. The smallest absolute Gasteiger partial charge is 0.321 e. The second kappa shape index (κ2) is 5.57. The summed E-state index contributed by atoms with van der Waals surface area (Å²) in [4.78, 5) is 14.6. The molecule has 0 aliphatic carbocycles. The Bertz CT molecular complexity index is 574. The van der Waals surface area contributed by atoms with E-state index in [1.54, 1.807) is 6.07 Å². The first-order valence-corrected chi connectivity index (χ1v) is 6.25. The molecule has 1 heterocycles. The van der Waals surface area contributed by atoms with E-state index in [0.29, 0.717) is 0 Å². The zero-order chi connectivity index (χ0) is 13.8. The SMILES string of the molecule is COC(=O)CN(C)S(=O)(=O)c1ccc(C#N)nc1. The van der Waals surface area contributed by atoms with E-state index in [4.69, 9.17) is 5.26 Å². The maximum absolute atomic E-state index is 12.0. The van der Waals surface area contributed by atoms with E-state index < -0.39 is 22.5 Å². The largest absolute Gasteiger partial charge is 0.468 e. The highest BCUT2D eigenvalue weighted by Crippen LogP contribution is 2.13. The van der Waals surface area contributed by atoms with Gasteiger partial charge in [-0.25, -0.2) is 13.4 Å². The van der Waals surface area contributed by atoms with Crippen molar-refractivity contribution in [3.05, 3.63) is 24.0 Å². The van der Waals surface area contributed by atoms with Gasteiger partial charge in [-0.1, -0.05) is 0 Å². The Hall–Kier alpha value is -1.98. The molecule has 0 bridgehead atoms. The summed E-state index contributed by atoms with van der Waals surface area (Å²) >= 11 is 0. The van der Waals surface area contributed by atoms with Crippen LogP contribution in [0.3, 0.4) is 0 Å². The number of nitriles is 1. The van der Waals surface area contributed by atoms with Crippen LogP contribution < -0.4 is 0 Å². The minimum absolute atomic E-state index is 0.0899. The number of ether oxygens (including phenoxy) is 1. The van der Waals surface area contributed by atoms with E-state index in [1.807, 2.05) is 0 Å². The molecule has 0 aliphatic heterocycles. The first-order chi connectivity index (χ1) is 8.41. The van der Waals surface area contributed by atoms with Crippen LogP contribution in [0.15, 0.2) is 23.2 Å². The number of aromatic nitrogens is 1. The van der Waals surface area contributed by atoms with E-state index in [-0.39, 0.29) is 10.6 Å². The molecule has 0 N–H and O–H groups in total. The number of methoxy groups -OCH3 is 1. The number of rotatable bonds is 4. The van der Waals surface area contributed by atoms with Crippen molar-refractivity contribution in [3.63, 3.8) is 0 Å². The molecule has 0 saturated carbocycles. The minimum atomic E-state index is -3.81. The molecule has 96 valence electrons. The van der Waals surface area contributed by atoms with Gasteiger partial charge >= 0.3 is 5.97 Å². The van der Waals surface area contributed by atoms with Gasteiger partial charge in [-0.15, -0.1) is 0 Å². The van der Waals surface area contributed by atoms with Crippen LogP contribution in [0, 0.1) is 11.3 Å². The number of likely N-dealkylation sites (N-methyl/N-ethyl adjacent to an activating group) is 1. The van der Waals surface area contributed by atoms with Crippen molar-refractivity contribution in [2.24, 2.45) is 0 Å². The third-order valence-electron chi connectivity index (χ3n) is 2.14. The average Bonchev–Trinajstić information content (AvgIpc) is 2.38. The summed E-state index contributed by atoms with van der Waals surface area (Å²) in [6, 6.07) is 4.33. The molecule has 8 heteroatoms. The van der Waals surface area contributed by atoms with E-state index >= 15 is 0 Å². The molecule has 7 nitrogen and oxygen atoms in total. The van der Waals surface area contributed by atoms with Crippen molar-refractivity contribution >= 4 is 16.0 Å². The van der Waals surface area contributed by atoms with Crippen LogP contribution in [-0.4, -0.2) is 44.4 Å². The van der Waals surface area contributed by atoms with Crippen LogP contribution in [-0.2, 0) is 19.6 Å². The number of carbonyl (C=O) groups excluding carboxylic acids is 1. The van der Waals surface area contributed by atoms with Gasteiger partial charge in [-0.2, -0.15) is 9.57 Å². The molecule has 0 spiro atoms. The average molecular weight is 269 g/mol. The number of esters is 1. The monoisotopic (exact) mass is 269 g/mol. The van der Waals surface area contributed by atoms with Crippen LogP contribution >= 0.6 is 0 Å². The summed E-state index contributed by atoms with van der Waals surface area (Å²) in [7, 11) is -1.38. The maximum Gasteiger partial charge on any atom is 0.321 e. The lowest BCUT2D eigenvalue weighted by molar-refractivity contribution is -0.140. The quantitative estimate of drug-likeness (QED) is 0.698. The van der Waals surface area contributed by atoms with E-state index in [9.17, 15) is 13.2 Å². The first kappa shape index (κ1) is 14.1. The zero-order valence-electron chi connectivity index (χ0n) is 9.82. The van der Waals surface area contributed by atoms with Crippen molar-refractivity contribution in [2.75, 3.05) is 20.7 Å². The molecule has 1 rings (SSSR count). The molecule has 1 aromatic rings. The molecule has 0 amide bonds. The number of sulfonamides is 1. The summed E-state index contributed by atoms with van der Waals surface area (Å²) in [6.45, 7) is -0.390. The molecule has 0 aromatic carbocycles. The highest BCUT2D eigenvalue weighted by atomic mass is 32.2. The summed E-state index contributed by atoms with van der Waals surface area (Å²) in [5.41, 5.74) is 0.115. The molecular weight excluding hydrogens is 258 g/mol. The second-order valence-corrected chi connectivity index (χ2v) is 5.37. The fourth-order valence-corrected chi connectivity index (χ4v) is 2.17. The van der Waals surface area contributed by atoms with Crippen LogP contribution in [0.25, 0.3) is 0 Å². The third kappa shape index (κ3) is 3.03. The summed E-state index contributed by atoms with van der Waals surface area (Å²) in [5.74, 6) is -0.664. The lowest BCUT2D eigenvalue weighted by Crippen LogP contribution is -2.32. The molecule has 0 radical (unpaired) electrons. The molecule has 0 saturated heterocycles. The van der Waals surface area contributed by atoms with E-state index in [0.717, 1.165) is 10.5 Å². The highest BCUT2D eigenvalue weighted by molar-refractivity contribution is 7.89. The van der Waals surface area contributed by atoms with Crippen molar-refractivity contribution < 1.29 is 17.9 Å². The Labute approximate surface area is 105 Å². The van der Waals surface area contributed by atoms with Crippen LogP contribution in [0.2, 0.25) is 0 Å². The van der Waals surface area contributed by atoms with Crippen molar-refractivity contribution in [1.29, 1.82) is 5.26 Å². The molecule has 1 aromatic heterocycles. The lowest BCUT2D eigenvalue weighted by atomic mass is 10.4. The lowest BCUT2D eigenvalue weighted by Gasteiger charge is -2.15. The van der Waals surface area contributed by atoms with Gasteiger partial charge in [0.05, 0.1) is 7.11 Å². The molecule has 0 aliphatic rings. The van der Waals surface area contributed by atoms with Gasteiger partial charge in [0, 0.05) is 13.2 Å². The summed E-state index contributed by atoms with van der Waals surface area (Å²) < 4.78 is 29.2. The fraction of sp³-hybridized carbons (Fsp3) is 0.300. The van der Waals surface area contributed by atoms with Gasteiger partial charge in [0.25, 0.3) is 0 Å². The van der Waals surface area contributed by atoms with Gasteiger partial charge in [-0.3, -0.25) is 4.79 Å². The number of nitrogens with zero attached hydrogens (tertiary/aromatic N) is 3. The van der Waals surface area contributed by atoms with Crippen molar-refractivity contribution in [1.82, 2.24) is 9.29 Å². The molecule has 0 fully saturated rings. The minimum Gasteiger partial charge on any atom is -0.468 e. The van der Waals surface area contributed by atoms with Gasteiger partial charge in [0.1, 0.15) is 23.2 Å². The third-order valence-corrected chi connectivity index (χ3v) is 3.93. The number of carbonyl (C=O) groups is 1. The summed E-state index contributed by atoms with van der Waals surface area (Å²) in [6.07, 6.45) is 1.07. The Kier molecular flexibility index (Phi) is 4.36. The summed E-state index contributed by atoms with van der Waals surface area (Å²) in [5, 5.41) is 8.56. The van der Waals surface area contributed by atoms with Crippen LogP contribution in [0.4, 0.5) is 0 Å². The predicted octanol–water partition coefficient (Wildman–Crippen LogP) is -0.253. The Morgan fingerprint density at radius 2 is 2.22 bits per heavy atom. The van der Waals surface area contributed by atoms with Crippen molar-refractivity contribution in [3.8, 4) is 6.07 Å². The Balaban J connectivity index is 2.98. The maximum atomic E-state index is 12.0. The second-order valence-electron chi connectivity index (χ2n) is 3.33. The van der Waals surface area contributed by atoms with Gasteiger partial charge in [0.2, 0.25) is 10.0 Å². The van der Waals surface area contributed by atoms with Gasteiger partial charge in [0.15, 0.2) is 0 Å². The normalized spacial score (nSPS) is 11.0. The molecule has 0 atom stereocenters. The van der Waals surface area contributed by atoms with Crippen LogP contribution in [0.1, 0.15) is 5.69 Å². The van der Waals surface area contributed by atoms with Crippen molar-refractivity contribution in [2.45, 2.75) is 4.90 Å². The zero-order valence-corrected chi connectivity index (χ0v) is 10.6. The molecule has 0 unspecified atom stereocenters. The van der Waals surface area contributed by atoms with E-state index in [1.165, 1.54) is 26.3 Å². The standard InChI is InChI=1S/C10H11N3O4S/c1-13(7-10(14)17-2)18(15,16)9-4-3-8(5-11)12-6-9/h3-4,6H,7H2,1-2H3. The Morgan fingerprint density at radius 3 is 2.67 bits per heavy atom. The fourth-order valence-electron chi connectivity index (χ4n) is 1.11. The number of hydrogen-bond donors (Lipinski definition) is 0. The molecule has 18 heavy (non-hydrogen) atoms. The highest BCUT2D eigenvalue weighted by Gasteiger charge is 2.23. The number of pyridine rings is 1.